The van der Waals surface area contributed by atoms with Gasteiger partial charge in [0.15, 0.2) is 0 Å². The largest absolute Gasteiger partial charge is 0.344 e. The first-order valence-corrected chi connectivity index (χ1v) is 6.05. The fraction of sp³-hybridized carbons (Fsp3) is 0.917. The van der Waals surface area contributed by atoms with Gasteiger partial charge < -0.3 is 15.5 Å². The molecule has 0 bridgehead atoms. The number of hydrogen-bond acceptors (Lipinski definition) is 3. The van der Waals surface area contributed by atoms with Crippen LogP contribution in [0.4, 0.5) is 0 Å². The molecule has 1 fully saturated rings. The number of hydrogen-bond donors (Lipinski definition) is 1. The topological polar surface area (TPSA) is 49.6 Å². The molecule has 0 aromatic heterocycles. The first-order valence-electron chi connectivity index (χ1n) is 6.05. The van der Waals surface area contributed by atoms with Gasteiger partial charge in [0.05, 0.1) is 0 Å². The van der Waals surface area contributed by atoms with E-state index >= 15 is 0 Å². The van der Waals surface area contributed by atoms with E-state index in [9.17, 15) is 4.79 Å². The fourth-order valence-electron chi connectivity index (χ4n) is 2.33. The molecule has 2 N–H and O–H groups in total. The van der Waals surface area contributed by atoms with E-state index in [-0.39, 0.29) is 17.4 Å². The highest BCUT2D eigenvalue weighted by Gasteiger charge is 2.40. The van der Waals surface area contributed by atoms with Gasteiger partial charge in [0, 0.05) is 31.6 Å². The maximum atomic E-state index is 11.9. The van der Waals surface area contributed by atoms with Gasteiger partial charge in [-0.25, -0.2) is 0 Å². The molecular weight excluding hydrogens is 202 g/mol. The fourth-order valence-corrected chi connectivity index (χ4v) is 2.33. The molecule has 1 atom stereocenters. The summed E-state index contributed by atoms with van der Waals surface area (Å²) in [4.78, 5) is 16.0. The van der Waals surface area contributed by atoms with E-state index in [1.54, 1.807) is 0 Å². The molecule has 0 radical (unpaired) electrons. The Bertz CT molecular complexity index is 249. The smallest absolute Gasteiger partial charge is 0.226 e. The van der Waals surface area contributed by atoms with E-state index in [1.165, 1.54) is 19.3 Å². The minimum atomic E-state index is -0.0655. The standard InChI is InChI=1S/C12H25N3O/c1-10(8-13)11(16)15(4)9-12(14(2)3)6-5-7-12/h10H,5-9,13H2,1-4H3. The van der Waals surface area contributed by atoms with Crippen LogP contribution in [-0.4, -0.2) is 55.5 Å². The third-order valence-corrected chi connectivity index (χ3v) is 3.92. The summed E-state index contributed by atoms with van der Waals surface area (Å²) in [6, 6.07) is 0. The van der Waals surface area contributed by atoms with Crippen molar-refractivity contribution in [3.05, 3.63) is 0 Å². The maximum absolute atomic E-state index is 11.9. The van der Waals surface area contributed by atoms with Crippen LogP contribution in [-0.2, 0) is 4.79 Å². The van der Waals surface area contributed by atoms with E-state index in [0.29, 0.717) is 6.54 Å². The van der Waals surface area contributed by atoms with Gasteiger partial charge in [-0.3, -0.25) is 4.79 Å². The molecule has 1 amide bonds. The molecule has 0 heterocycles. The van der Waals surface area contributed by atoms with Crippen LogP contribution >= 0.6 is 0 Å². The Kier molecular flexibility index (Phi) is 4.33. The van der Waals surface area contributed by atoms with Crippen LogP contribution in [0.15, 0.2) is 0 Å². The van der Waals surface area contributed by atoms with E-state index in [4.69, 9.17) is 5.73 Å². The SMILES string of the molecule is CC(CN)C(=O)N(C)CC1(N(C)C)CCC1. The Morgan fingerprint density at radius 1 is 1.38 bits per heavy atom. The first-order chi connectivity index (χ1) is 7.43. The third kappa shape index (κ3) is 2.55. The second-order valence-electron chi connectivity index (χ2n) is 5.30. The average Bonchev–Trinajstić information content (AvgIpc) is 2.20. The highest BCUT2D eigenvalue weighted by Crippen LogP contribution is 2.36. The molecule has 1 aliphatic rings. The number of likely N-dealkylation sites (N-methyl/N-ethyl adjacent to an activating group) is 2. The molecule has 1 saturated carbocycles. The summed E-state index contributed by atoms with van der Waals surface area (Å²) < 4.78 is 0. The van der Waals surface area contributed by atoms with Crippen molar-refractivity contribution in [1.82, 2.24) is 9.80 Å². The van der Waals surface area contributed by atoms with Crippen molar-refractivity contribution < 1.29 is 4.79 Å². The van der Waals surface area contributed by atoms with Crippen LogP contribution in [0.25, 0.3) is 0 Å². The maximum Gasteiger partial charge on any atom is 0.226 e. The van der Waals surface area contributed by atoms with Gasteiger partial charge in [-0.1, -0.05) is 6.92 Å². The van der Waals surface area contributed by atoms with Gasteiger partial charge in [0.1, 0.15) is 0 Å². The van der Waals surface area contributed by atoms with Crippen LogP contribution in [0.1, 0.15) is 26.2 Å². The lowest BCUT2D eigenvalue weighted by molar-refractivity contribution is -0.136. The zero-order chi connectivity index (χ0) is 12.3. The molecule has 4 heteroatoms. The van der Waals surface area contributed by atoms with Crippen LogP contribution in [0.2, 0.25) is 0 Å². The van der Waals surface area contributed by atoms with E-state index in [0.717, 1.165) is 6.54 Å². The summed E-state index contributed by atoms with van der Waals surface area (Å²) >= 11 is 0. The van der Waals surface area contributed by atoms with Gasteiger partial charge in [-0.15, -0.1) is 0 Å². The van der Waals surface area contributed by atoms with Crippen molar-refractivity contribution in [2.24, 2.45) is 11.7 Å². The second kappa shape index (κ2) is 5.15. The molecule has 0 aromatic rings. The molecule has 1 unspecified atom stereocenters. The van der Waals surface area contributed by atoms with Crippen molar-refractivity contribution in [3.63, 3.8) is 0 Å². The van der Waals surface area contributed by atoms with Crippen molar-refractivity contribution in [1.29, 1.82) is 0 Å². The van der Waals surface area contributed by atoms with Crippen molar-refractivity contribution >= 4 is 5.91 Å². The molecule has 0 aromatic carbocycles. The zero-order valence-electron chi connectivity index (χ0n) is 11.0. The number of amides is 1. The average molecular weight is 227 g/mol. The normalized spacial score (nSPS) is 20.4. The summed E-state index contributed by atoms with van der Waals surface area (Å²) in [5, 5.41) is 0. The van der Waals surface area contributed by atoms with Crippen LogP contribution in [0.3, 0.4) is 0 Å². The number of nitrogens with zero attached hydrogens (tertiary/aromatic N) is 2. The lowest BCUT2D eigenvalue weighted by atomic mass is 9.75. The molecule has 94 valence electrons. The molecule has 4 nitrogen and oxygen atoms in total. The van der Waals surface area contributed by atoms with Crippen molar-refractivity contribution in [2.75, 3.05) is 34.2 Å². The molecule has 0 saturated heterocycles. The Balaban J connectivity index is 2.56. The highest BCUT2D eigenvalue weighted by molar-refractivity contribution is 5.78. The minimum Gasteiger partial charge on any atom is -0.344 e. The molecule has 1 aliphatic carbocycles. The molecule has 16 heavy (non-hydrogen) atoms. The molecular formula is C12H25N3O. The predicted molar refractivity (Wildman–Crippen MR) is 66.1 cm³/mol. The van der Waals surface area contributed by atoms with E-state index < -0.39 is 0 Å². The van der Waals surface area contributed by atoms with Crippen molar-refractivity contribution in [2.45, 2.75) is 31.7 Å². The Morgan fingerprint density at radius 2 is 1.94 bits per heavy atom. The Hall–Kier alpha value is -0.610. The zero-order valence-corrected chi connectivity index (χ0v) is 11.0. The van der Waals surface area contributed by atoms with Gasteiger partial charge in [-0.05, 0) is 33.4 Å². The van der Waals surface area contributed by atoms with Crippen LogP contribution < -0.4 is 5.73 Å². The Labute approximate surface area is 98.8 Å². The molecule has 0 spiro atoms. The molecule has 0 aliphatic heterocycles. The summed E-state index contributed by atoms with van der Waals surface area (Å²) in [6.45, 7) is 3.14. The van der Waals surface area contributed by atoms with Gasteiger partial charge in [-0.2, -0.15) is 0 Å². The van der Waals surface area contributed by atoms with E-state index in [1.807, 2.05) is 18.9 Å². The van der Waals surface area contributed by atoms with Gasteiger partial charge in [0.2, 0.25) is 5.91 Å². The van der Waals surface area contributed by atoms with Crippen molar-refractivity contribution in [3.8, 4) is 0 Å². The van der Waals surface area contributed by atoms with Crippen LogP contribution in [0.5, 0.6) is 0 Å². The van der Waals surface area contributed by atoms with Gasteiger partial charge in [0.25, 0.3) is 0 Å². The number of carbonyl (C=O) groups is 1. The summed E-state index contributed by atoms with van der Waals surface area (Å²) in [5.74, 6) is 0.0971. The quantitative estimate of drug-likeness (QED) is 0.745. The van der Waals surface area contributed by atoms with Crippen LogP contribution in [0, 0.1) is 5.92 Å². The number of rotatable bonds is 5. The number of nitrogens with two attached hydrogens (primary N) is 1. The first kappa shape index (κ1) is 13.5. The summed E-state index contributed by atoms with van der Waals surface area (Å²) in [6.07, 6.45) is 3.65. The lowest BCUT2D eigenvalue weighted by Gasteiger charge is -2.49. The second-order valence-corrected chi connectivity index (χ2v) is 5.30. The lowest BCUT2D eigenvalue weighted by Crippen LogP contribution is -2.58. The Morgan fingerprint density at radius 3 is 2.25 bits per heavy atom. The monoisotopic (exact) mass is 227 g/mol. The van der Waals surface area contributed by atoms with E-state index in [2.05, 4.69) is 19.0 Å². The number of carbonyl (C=O) groups excluding carboxylic acids is 1. The van der Waals surface area contributed by atoms with Gasteiger partial charge >= 0.3 is 0 Å². The third-order valence-electron chi connectivity index (χ3n) is 3.92. The molecule has 1 rings (SSSR count). The predicted octanol–water partition coefficient (Wildman–Crippen LogP) is 0.524. The minimum absolute atomic E-state index is 0.0655. The summed E-state index contributed by atoms with van der Waals surface area (Å²) in [7, 11) is 6.09. The summed E-state index contributed by atoms with van der Waals surface area (Å²) in [5.41, 5.74) is 5.73. The highest BCUT2D eigenvalue weighted by atomic mass is 16.2.